The van der Waals surface area contributed by atoms with Crippen molar-refractivity contribution in [2.45, 2.75) is 164 Å². The predicted octanol–water partition coefficient (Wildman–Crippen LogP) is 8.95. The molecule has 0 aromatic carbocycles. The average molecular weight is 787 g/mol. The standard InChI is InChI=1S/C38H56F6O8S/c1-21-7-9-27-23(3)35(37(39,40)41,47-29-19-31(5)13-11-25(21)33(27,29)51-49-31)45-15-17-53-18-16-46-36(38(42,43)44)24(4)28-10-8-22(2)26-12-14-32(6)20-30(48-36)34(26,28)52-50-32/h21-30H,7-20H2,1-6H3/t21-,22-,23-,24-,25+,26+,27+,28+,29-,30-,31-,32-,33-,34-,35-,36-/m1/s1. The van der Waals surface area contributed by atoms with Crippen molar-refractivity contribution >= 4 is 11.8 Å². The second-order valence-electron chi connectivity index (χ2n) is 18.4. The van der Waals surface area contributed by atoms with Gasteiger partial charge in [-0.15, -0.1) is 0 Å². The topological polar surface area (TPSA) is 73.8 Å². The van der Waals surface area contributed by atoms with E-state index < -0.39 is 82.2 Å². The van der Waals surface area contributed by atoms with Crippen LogP contribution in [0.5, 0.6) is 0 Å². The van der Waals surface area contributed by atoms with Crippen LogP contribution in [0.2, 0.25) is 0 Å². The summed E-state index contributed by atoms with van der Waals surface area (Å²) in [5, 5.41) is 0. The van der Waals surface area contributed by atoms with Gasteiger partial charge in [-0.1, -0.05) is 27.7 Å². The van der Waals surface area contributed by atoms with E-state index in [0.29, 0.717) is 25.7 Å². The number of fused-ring (bicyclic) bond motifs is 4. The van der Waals surface area contributed by atoms with Crippen LogP contribution in [0.3, 0.4) is 0 Å². The number of rotatable bonds is 8. The molecule has 2 spiro atoms. The molecule has 0 unspecified atom stereocenters. The van der Waals surface area contributed by atoms with Crippen LogP contribution in [0.4, 0.5) is 26.3 Å². The fraction of sp³-hybridized carbons (Fsp3) is 1.00. The van der Waals surface area contributed by atoms with E-state index in [1.807, 2.05) is 13.8 Å². The lowest BCUT2D eigenvalue weighted by atomic mass is 9.55. The summed E-state index contributed by atoms with van der Waals surface area (Å²) < 4.78 is 115. The molecule has 8 nitrogen and oxygen atoms in total. The summed E-state index contributed by atoms with van der Waals surface area (Å²) in [4.78, 5) is 24.2. The minimum Gasteiger partial charge on any atom is -0.341 e. The van der Waals surface area contributed by atoms with E-state index in [0.717, 1.165) is 25.7 Å². The van der Waals surface area contributed by atoms with Crippen molar-refractivity contribution in [2.75, 3.05) is 24.7 Å². The summed E-state index contributed by atoms with van der Waals surface area (Å²) in [6.45, 7) is 10.5. The second-order valence-corrected chi connectivity index (χ2v) is 19.6. The van der Waals surface area contributed by atoms with Gasteiger partial charge in [-0.25, -0.2) is 19.6 Å². The number of hydrogen-bond donors (Lipinski definition) is 0. The van der Waals surface area contributed by atoms with Crippen molar-refractivity contribution in [3.05, 3.63) is 0 Å². The van der Waals surface area contributed by atoms with Gasteiger partial charge in [-0.3, -0.25) is 0 Å². The molecule has 0 aromatic rings. The molecule has 10 aliphatic rings. The van der Waals surface area contributed by atoms with Gasteiger partial charge in [0, 0.05) is 48.0 Å². The van der Waals surface area contributed by atoms with Gasteiger partial charge in [0.05, 0.1) is 25.4 Å². The maximum absolute atomic E-state index is 15.2. The third-order valence-electron chi connectivity index (χ3n) is 15.5. The molecule has 4 aliphatic carbocycles. The lowest BCUT2D eigenvalue weighted by Crippen LogP contribution is -2.75. The van der Waals surface area contributed by atoms with E-state index >= 15 is 26.3 Å². The summed E-state index contributed by atoms with van der Waals surface area (Å²) >= 11 is 1.18. The zero-order valence-electron chi connectivity index (χ0n) is 31.6. The van der Waals surface area contributed by atoms with Gasteiger partial charge in [-0.05, 0) is 88.9 Å². The molecule has 15 heteroatoms. The Morgan fingerprint density at radius 1 is 0.566 bits per heavy atom. The fourth-order valence-corrected chi connectivity index (χ4v) is 13.3. The molecule has 4 bridgehead atoms. The summed E-state index contributed by atoms with van der Waals surface area (Å²) in [6.07, 6.45) is -5.28. The van der Waals surface area contributed by atoms with E-state index in [1.165, 1.54) is 25.6 Å². The van der Waals surface area contributed by atoms with Crippen molar-refractivity contribution in [2.24, 2.45) is 47.3 Å². The Balaban J connectivity index is 0.938. The first-order valence-corrected chi connectivity index (χ1v) is 21.0. The normalized spacial score (nSPS) is 53.4. The number of ether oxygens (including phenoxy) is 4. The molecule has 0 amide bonds. The van der Waals surface area contributed by atoms with E-state index in [1.54, 1.807) is 0 Å². The minimum atomic E-state index is -4.84. The Hall–Kier alpha value is -0.390. The van der Waals surface area contributed by atoms with E-state index in [2.05, 4.69) is 13.8 Å². The molecule has 53 heavy (non-hydrogen) atoms. The zero-order valence-corrected chi connectivity index (χ0v) is 32.4. The smallest absolute Gasteiger partial charge is 0.341 e. The van der Waals surface area contributed by atoms with E-state index in [4.69, 9.17) is 38.5 Å². The molecule has 6 saturated heterocycles. The highest BCUT2D eigenvalue weighted by molar-refractivity contribution is 7.99. The van der Waals surface area contributed by atoms with Crippen LogP contribution in [0.25, 0.3) is 0 Å². The van der Waals surface area contributed by atoms with Crippen LogP contribution in [-0.2, 0) is 38.5 Å². The molecule has 0 radical (unpaired) electrons. The maximum atomic E-state index is 15.2. The highest BCUT2D eigenvalue weighted by atomic mass is 32.2. The molecular weight excluding hydrogens is 730 g/mol. The number of halogens is 6. The van der Waals surface area contributed by atoms with Crippen LogP contribution in [-0.4, -0.2) is 83.3 Å². The molecule has 304 valence electrons. The SMILES string of the molecule is C[C@@H]1CC[C@H]2[C@@H](C)[C@](OCCSCCO[C@@]3(C(F)(F)F)O[C@@H]4C[C@@]5(C)CC[C@H]6[C@H](C)CC[C@@H]([C@H]3C)[C@@]46OO5)(C(F)(F)F)O[C@@H]3C[C@@]4(C)CC[C@@H]1[C@]32OO4. The highest BCUT2D eigenvalue weighted by Gasteiger charge is 2.78. The molecule has 10 rings (SSSR count). The summed E-state index contributed by atoms with van der Waals surface area (Å²) in [5.74, 6) is -8.13. The Kier molecular flexibility index (Phi) is 9.72. The van der Waals surface area contributed by atoms with Gasteiger partial charge in [0.2, 0.25) is 0 Å². The Morgan fingerprint density at radius 3 is 1.34 bits per heavy atom. The fourth-order valence-electron chi connectivity index (χ4n) is 12.7. The molecule has 6 aliphatic heterocycles. The van der Waals surface area contributed by atoms with Crippen LogP contribution >= 0.6 is 11.8 Å². The zero-order chi connectivity index (χ0) is 38.0. The molecular formula is C38H56F6O8S. The molecule has 6 heterocycles. The Morgan fingerprint density at radius 2 is 0.962 bits per heavy atom. The first-order valence-electron chi connectivity index (χ1n) is 19.9. The van der Waals surface area contributed by atoms with Crippen LogP contribution in [0.15, 0.2) is 0 Å². The monoisotopic (exact) mass is 786 g/mol. The molecule has 16 atom stereocenters. The van der Waals surface area contributed by atoms with Gasteiger partial charge in [0.15, 0.2) is 0 Å². The van der Waals surface area contributed by atoms with Crippen LogP contribution in [0, 0.1) is 47.3 Å². The van der Waals surface area contributed by atoms with Gasteiger partial charge in [0.25, 0.3) is 11.6 Å². The van der Waals surface area contributed by atoms with E-state index in [9.17, 15) is 0 Å². The summed E-state index contributed by atoms with van der Waals surface area (Å²) in [7, 11) is 0. The predicted molar refractivity (Wildman–Crippen MR) is 180 cm³/mol. The van der Waals surface area contributed by atoms with Gasteiger partial charge in [-0.2, -0.15) is 38.1 Å². The molecule has 10 fully saturated rings. The summed E-state index contributed by atoms with van der Waals surface area (Å²) in [6, 6.07) is 0. The Bertz CT molecular complexity index is 1290. The summed E-state index contributed by atoms with van der Waals surface area (Å²) in [5.41, 5.74) is -3.48. The Labute approximate surface area is 312 Å². The second kappa shape index (κ2) is 13.1. The van der Waals surface area contributed by atoms with Crippen molar-refractivity contribution < 1.29 is 64.8 Å². The average Bonchev–Trinajstić information content (AvgIpc) is 3.45. The maximum Gasteiger partial charge on any atom is 0.443 e. The number of alkyl halides is 6. The molecule has 4 saturated carbocycles. The third-order valence-corrected chi connectivity index (χ3v) is 16.4. The number of thioether (sulfide) groups is 1. The largest absolute Gasteiger partial charge is 0.443 e. The van der Waals surface area contributed by atoms with Crippen LogP contribution in [0.1, 0.15) is 106 Å². The van der Waals surface area contributed by atoms with Crippen molar-refractivity contribution in [3.63, 3.8) is 0 Å². The molecule has 0 N–H and O–H groups in total. The highest BCUT2D eigenvalue weighted by Crippen LogP contribution is 2.67. The lowest BCUT2D eigenvalue weighted by molar-refractivity contribution is -0.529. The molecule has 0 aromatic heterocycles. The first-order chi connectivity index (χ1) is 24.8. The van der Waals surface area contributed by atoms with Gasteiger partial charge >= 0.3 is 12.4 Å². The van der Waals surface area contributed by atoms with Gasteiger partial charge in [0.1, 0.15) is 22.4 Å². The van der Waals surface area contributed by atoms with Crippen molar-refractivity contribution in [1.29, 1.82) is 0 Å². The quantitative estimate of drug-likeness (QED) is 0.136. The van der Waals surface area contributed by atoms with Crippen molar-refractivity contribution in [1.82, 2.24) is 0 Å². The first kappa shape index (κ1) is 39.4. The van der Waals surface area contributed by atoms with Crippen molar-refractivity contribution in [3.8, 4) is 0 Å². The van der Waals surface area contributed by atoms with Crippen LogP contribution < -0.4 is 0 Å². The van der Waals surface area contributed by atoms with E-state index in [-0.39, 0.29) is 61.2 Å². The minimum absolute atomic E-state index is 0.00552. The van der Waals surface area contributed by atoms with Gasteiger partial charge < -0.3 is 18.9 Å². The number of hydrogen-bond acceptors (Lipinski definition) is 9. The third kappa shape index (κ3) is 5.67. The lowest BCUT2D eigenvalue weighted by Gasteiger charge is -2.63.